The Balaban J connectivity index is 1.56. The van der Waals surface area contributed by atoms with Gasteiger partial charge in [-0.1, -0.05) is 18.2 Å². The minimum absolute atomic E-state index is 0.0376. The number of hydrogen-bond donors (Lipinski definition) is 0. The van der Waals surface area contributed by atoms with E-state index in [1.165, 1.54) is 30.3 Å². The van der Waals surface area contributed by atoms with Gasteiger partial charge in [-0.25, -0.2) is 13.8 Å². The van der Waals surface area contributed by atoms with Gasteiger partial charge in [0.2, 0.25) is 0 Å². The number of imidazole rings is 1. The van der Waals surface area contributed by atoms with Crippen molar-refractivity contribution in [1.82, 2.24) is 14.5 Å². The molecule has 2 aromatic carbocycles. The molecule has 1 aliphatic rings. The molecule has 3 aromatic rings. The van der Waals surface area contributed by atoms with E-state index in [0.717, 1.165) is 12.8 Å². The lowest BCUT2D eigenvalue weighted by Crippen LogP contribution is -2.37. The van der Waals surface area contributed by atoms with E-state index in [1.54, 1.807) is 35.5 Å². The average Bonchev–Trinajstić information content (AvgIpc) is 3.42. The van der Waals surface area contributed by atoms with Crippen molar-refractivity contribution in [2.45, 2.75) is 32.0 Å². The summed E-state index contributed by atoms with van der Waals surface area (Å²) < 4.78 is 34.9. The van der Waals surface area contributed by atoms with Crippen molar-refractivity contribution in [3.05, 3.63) is 89.5 Å². The molecule has 1 saturated heterocycles. The summed E-state index contributed by atoms with van der Waals surface area (Å²) in [5.41, 5.74) is 0.953. The average molecular weight is 411 g/mol. The fraction of sp³-hybridized carbons (Fsp3) is 0.304. The predicted octanol–water partition coefficient (Wildman–Crippen LogP) is 4.03. The topological polar surface area (TPSA) is 47.4 Å². The van der Waals surface area contributed by atoms with Crippen molar-refractivity contribution in [1.29, 1.82) is 0 Å². The van der Waals surface area contributed by atoms with E-state index in [-0.39, 0.29) is 24.4 Å². The third-order valence-corrected chi connectivity index (χ3v) is 5.26. The van der Waals surface area contributed by atoms with Gasteiger partial charge >= 0.3 is 0 Å². The highest BCUT2D eigenvalue weighted by Crippen LogP contribution is 2.18. The number of aromatic nitrogens is 2. The zero-order valence-corrected chi connectivity index (χ0v) is 16.5. The fourth-order valence-corrected chi connectivity index (χ4v) is 3.64. The van der Waals surface area contributed by atoms with Gasteiger partial charge in [-0.05, 0) is 43.2 Å². The summed E-state index contributed by atoms with van der Waals surface area (Å²) in [7, 11) is 0. The Hall–Kier alpha value is -3.06. The summed E-state index contributed by atoms with van der Waals surface area (Å²) in [6.45, 7) is 1.67. The molecule has 156 valence electrons. The SMILES string of the molecule is O=C(c1ccc(F)cc1)N(Cc1nccn1Cc1ccccc1F)CC1CCCO1. The zero-order chi connectivity index (χ0) is 20.9. The Morgan fingerprint density at radius 2 is 1.97 bits per heavy atom. The van der Waals surface area contributed by atoms with Crippen LogP contribution in [-0.4, -0.2) is 39.6 Å². The predicted molar refractivity (Wildman–Crippen MR) is 108 cm³/mol. The molecule has 2 heterocycles. The molecule has 1 fully saturated rings. The van der Waals surface area contributed by atoms with E-state index in [2.05, 4.69) is 4.98 Å². The molecule has 1 amide bonds. The van der Waals surface area contributed by atoms with Gasteiger partial charge in [0.1, 0.15) is 17.5 Å². The highest BCUT2D eigenvalue weighted by molar-refractivity contribution is 5.94. The second-order valence-electron chi connectivity index (χ2n) is 7.39. The molecular formula is C23H23F2N3O2. The van der Waals surface area contributed by atoms with Crippen LogP contribution >= 0.6 is 0 Å². The van der Waals surface area contributed by atoms with Crippen LogP contribution in [0.15, 0.2) is 60.9 Å². The zero-order valence-electron chi connectivity index (χ0n) is 16.5. The number of carbonyl (C=O) groups is 1. The molecule has 0 aliphatic carbocycles. The van der Waals surface area contributed by atoms with Gasteiger partial charge in [0, 0.05) is 36.7 Å². The summed E-state index contributed by atoms with van der Waals surface area (Å²) >= 11 is 0. The molecular weight excluding hydrogens is 388 g/mol. The van der Waals surface area contributed by atoms with E-state index >= 15 is 0 Å². The van der Waals surface area contributed by atoms with Gasteiger partial charge in [-0.2, -0.15) is 0 Å². The van der Waals surface area contributed by atoms with Crippen molar-refractivity contribution < 1.29 is 18.3 Å². The van der Waals surface area contributed by atoms with Crippen LogP contribution in [0.2, 0.25) is 0 Å². The normalized spacial score (nSPS) is 16.0. The molecule has 1 unspecified atom stereocenters. The first-order chi connectivity index (χ1) is 14.6. The number of ether oxygens (including phenoxy) is 1. The number of halogens is 2. The van der Waals surface area contributed by atoms with E-state index in [1.807, 2.05) is 4.57 Å². The number of nitrogens with zero attached hydrogens (tertiary/aromatic N) is 3. The summed E-state index contributed by atoms with van der Waals surface area (Å²) in [6.07, 6.45) is 5.23. The van der Waals surface area contributed by atoms with E-state index < -0.39 is 5.82 Å². The Bertz CT molecular complexity index is 998. The number of hydrogen-bond acceptors (Lipinski definition) is 3. The van der Waals surface area contributed by atoms with Crippen LogP contribution in [0.1, 0.15) is 34.6 Å². The van der Waals surface area contributed by atoms with Gasteiger partial charge in [0.15, 0.2) is 0 Å². The monoisotopic (exact) mass is 411 g/mol. The molecule has 1 aromatic heterocycles. The first-order valence-electron chi connectivity index (χ1n) is 10.00. The van der Waals surface area contributed by atoms with Crippen LogP contribution in [0.3, 0.4) is 0 Å². The highest BCUT2D eigenvalue weighted by Gasteiger charge is 2.25. The van der Waals surface area contributed by atoms with Gasteiger partial charge in [-0.15, -0.1) is 0 Å². The third kappa shape index (κ3) is 4.74. The molecule has 0 saturated carbocycles. The van der Waals surface area contributed by atoms with Gasteiger partial charge < -0.3 is 14.2 Å². The standard InChI is InChI=1S/C23H23F2N3O2/c24-19-9-7-17(8-10-19)23(29)28(15-20-5-3-13-30-20)16-22-26-11-12-27(22)14-18-4-1-2-6-21(18)25/h1-2,4,6-12,20H,3,5,13-16H2. The van der Waals surface area contributed by atoms with Crippen LogP contribution in [-0.2, 0) is 17.8 Å². The summed E-state index contributed by atoms with van der Waals surface area (Å²) in [4.78, 5) is 19.2. The minimum atomic E-state index is -0.391. The Labute approximate surface area is 173 Å². The van der Waals surface area contributed by atoms with Crippen LogP contribution < -0.4 is 0 Å². The molecule has 1 atom stereocenters. The van der Waals surface area contributed by atoms with Crippen molar-refractivity contribution in [2.24, 2.45) is 0 Å². The van der Waals surface area contributed by atoms with Crippen LogP contribution in [0.25, 0.3) is 0 Å². The maximum absolute atomic E-state index is 14.1. The van der Waals surface area contributed by atoms with Crippen molar-refractivity contribution in [3.63, 3.8) is 0 Å². The lowest BCUT2D eigenvalue weighted by atomic mass is 10.1. The second kappa shape index (κ2) is 9.17. The number of amides is 1. The first-order valence-corrected chi connectivity index (χ1v) is 10.00. The number of rotatable bonds is 7. The summed E-state index contributed by atoms with van der Waals surface area (Å²) in [5, 5.41) is 0. The first kappa shape index (κ1) is 20.2. The molecule has 0 N–H and O–H groups in total. The summed E-state index contributed by atoms with van der Waals surface area (Å²) in [5.74, 6) is -0.244. The lowest BCUT2D eigenvalue weighted by molar-refractivity contribution is 0.0499. The highest BCUT2D eigenvalue weighted by atomic mass is 19.1. The molecule has 4 rings (SSSR count). The summed E-state index contributed by atoms with van der Waals surface area (Å²) in [6, 6.07) is 12.1. The minimum Gasteiger partial charge on any atom is -0.376 e. The number of carbonyl (C=O) groups excluding carboxylic acids is 1. The lowest BCUT2D eigenvalue weighted by Gasteiger charge is -2.26. The van der Waals surface area contributed by atoms with Crippen molar-refractivity contribution >= 4 is 5.91 Å². The molecule has 0 spiro atoms. The van der Waals surface area contributed by atoms with Crippen LogP contribution in [0.5, 0.6) is 0 Å². The Morgan fingerprint density at radius 3 is 2.70 bits per heavy atom. The molecule has 1 aliphatic heterocycles. The van der Waals surface area contributed by atoms with Crippen molar-refractivity contribution in [3.8, 4) is 0 Å². The molecule has 0 radical (unpaired) electrons. The largest absolute Gasteiger partial charge is 0.376 e. The van der Waals surface area contributed by atoms with E-state index in [0.29, 0.717) is 36.6 Å². The Morgan fingerprint density at radius 1 is 1.17 bits per heavy atom. The van der Waals surface area contributed by atoms with Gasteiger partial charge in [-0.3, -0.25) is 4.79 Å². The second-order valence-corrected chi connectivity index (χ2v) is 7.39. The maximum Gasteiger partial charge on any atom is 0.254 e. The van der Waals surface area contributed by atoms with Crippen LogP contribution in [0.4, 0.5) is 8.78 Å². The molecule has 7 heteroatoms. The smallest absolute Gasteiger partial charge is 0.254 e. The van der Waals surface area contributed by atoms with Gasteiger partial charge in [0.25, 0.3) is 5.91 Å². The maximum atomic E-state index is 14.1. The molecule has 30 heavy (non-hydrogen) atoms. The van der Waals surface area contributed by atoms with E-state index in [4.69, 9.17) is 4.74 Å². The Kier molecular flexibility index (Phi) is 6.18. The van der Waals surface area contributed by atoms with E-state index in [9.17, 15) is 13.6 Å². The fourth-order valence-electron chi connectivity index (χ4n) is 3.64. The quantitative estimate of drug-likeness (QED) is 0.590. The number of benzene rings is 2. The van der Waals surface area contributed by atoms with Crippen molar-refractivity contribution in [2.75, 3.05) is 13.2 Å². The van der Waals surface area contributed by atoms with Gasteiger partial charge in [0.05, 0.1) is 19.2 Å². The molecule has 0 bridgehead atoms. The molecule has 5 nitrogen and oxygen atoms in total. The third-order valence-electron chi connectivity index (χ3n) is 5.26. The van der Waals surface area contributed by atoms with Crippen LogP contribution in [0, 0.1) is 11.6 Å².